The number of nitrogens with zero attached hydrogens (tertiary/aromatic N) is 7. The van der Waals surface area contributed by atoms with Crippen LogP contribution in [0.1, 0.15) is 0 Å². The lowest BCUT2D eigenvalue weighted by atomic mass is 10.3. The van der Waals surface area contributed by atoms with Crippen molar-refractivity contribution in [2.45, 2.75) is 0 Å². The Balaban J connectivity index is 1.45. The predicted molar refractivity (Wildman–Crippen MR) is 101 cm³/mol. The summed E-state index contributed by atoms with van der Waals surface area (Å²) in [6.45, 7) is 0. The van der Waals surface area contributed by atoms with Gasteiger partial charge >= 0.3 is 0 Å². The summed E-state index contributed by atoms with van der Waals surface area (Å²) in [5.41, 5.74) is 3.38. The fraction of sp³-hybridized carbons (Fsp3) is 0. The highest BCUT2D eigenvalue weighted by molar-refractivity contribution is 5.74. The molecule has 8 nitrogen and oxygen atoms in total. The first kappa shape index (κ1) is 15.2. The SMILES string of the molecule is c1ccc(-c2ccn(-c3ccnc(Nc4cnn5ccccc45)n3)n2)nc1. The zero-order chi connectivity index (χ0) is 18.1. The molecule has 5 aromatic heterocycles. The quantitative estimate of drug-likeness (QED) is 0.534. The average Bonchev–Trinajstić information content (AvgIpc) is 3.37. The van der Waals surface area contributed by atoms with Crippen molar-refractivity contribution < 1.29 is 0 Å². The third-order valence-electron chi connectivity index (χ3n) is 4.06. The number of aromatic nitrogens is 7. The molecule has 0 fully saturated rings. The predicted octanol–water partition coefficient (Wildman–Crippen LogP) is 3.12. The number of hydrogen-bond donors (Lipinski definition) is 1. The number of hydrogen-bond acceptors (Lipinski definition) is 6. The molecule has 5 aromatic rings. The number of anilines is 2. The van der Waals surface area contributed by atoms with Gasteiger partial charge in [-0.05, 0) is 30.3 Å². The number of nitrogens with one attached hydrogen (secondary N) is 1. The second-order valence-electron chi connectivity index (χ2n) is 5.81. The molecule has 0 aromatic carbocycles. The van der Waals surface area contributed by atoms with Gasteiger partial charge < -0.3 is 5.32 Å². The lowest BCUT2D eigenvalue weighted by Gasteiger charge is -2.05. The van der Waals surface area contributed by atoms with Gasteiger partial charge in [-0.15, -0.1) is 0 Å². The van der Waals surface area contributed by atoms with E-state index in [1.54, 1.807) is 33.9 Å². The first-order valence-corrected chi connectivity index (χ1v) is 8.37. The third-order valence-corrected chi connectivity index (χ3v) is 4.06. The van der Waals surface area contributed by atoms with Crippen molar-refractivity contribution in [2.24, 2.45) is 0 Å². The Morgan fingerprint density at radius 1 is 0.815 bits per heavy atom. The minimum Gasteiger partial charge on any atom is -0.321 e. The smallest absolute Gasteiger partial charge is 0.229 e. The molecule has 0 bridgehead atoms. The van der Waals surface area contributed by atoms with E-state index in [0.717, 1.165) is 22.6 Å². The second-order valence-corrected chi connectivity index (χ2v) is 5.81. The maximum Gasteiger partial charge on any atom is 0.229 e. The topological polar surface area (TPSA) is 85.8 Å². The summed E-state index contributed by atoms with van der Waals surface area (Å²) in [6, 6.07) is 15.3. The van der Waals surface area contributed by atoms with E-state index < -0.39 is 0 Å². The highest BCUT2D eigenvalue weighted by Gasteiger charge is 2.09. The van der Waals surface area contributed by atoms with E-state index in [1.807, 2.05) is 54.9 Å². The van der Waals surface area contributed by atoms with Crippen LogP contribution < -0.4 is 5.32 Å². The molecule has 0 amide bonds. The van der Waals surface area contributed by atoms with Crippen LogP contribution in [0.5, 0.6) is 0 Å². The third kappa shape index (κ3) is 2.89. The van der Waals surface area contributed by atoms with Crippen LogP contribution >= 0.6 is 0 Å². The van der Waals surface area contributed by atoms with Gasteiger partial charge in [-0.3, -0.25) is 4.98 Å². The van der Waals surface area contributed by atoms with Crippen molar-refractivity contribution >= 4 is 17.2 Å². The summed E-state index contributed by atoms with van der Waals surface area (Å²) in [6.07, 6.45) is 8.93. The maximum atomic E-state index is 4.56. The van der Waals surface area contributed by atoms with Crippen LogP contribution in [0.25, 0.3) is 22.7 Å². The Labute approximate surface area is 154 Å². The van der Waals surface area contributed by atoms with Crippen LogP contribution in [-0.4, -0.2) is 34.3 Å². The molecule has 0 aliphatic rings. The molecule has 0 atom stereocenters. The second kappa shape index (κ2) is 6.34. The Bertz CT molecular complexity index is 1210. The van der Waals surface area contributed by atoms with Gasteiger partial charge in [0, 0.05) is 30.9 Å². The van der Waals surface area contributed by atoms with Crippen molar-refractivity contribution in [1.82, 2.24) is 34.3 Å². The van der Waals surface area contributed by atoms with Crippen molar-refractivity contribution in [3.63, 3.8) is 0 Å². The van der Waals surface area contributed by atoms with E-state index in [-0.39, 0.29) is 0 Å². The zero-order valence-corrected chi connectivity index (χ0v) is 14.1. The van der Waals surface area contributed by atoms with Crippen molar-refractivity contribution in [2.75, 3.05) is 5.32 Å². The van der Waals surface area contributed by atoms with E-state index in [9.17, 15) is 0 Å². The highest BCUT2D eigenvalue weighted by atomic mass is 15.3. The normalized spacial score (nSPS) is 11.0. The van der Waals surface area contributed by atoms with Crippen LogP contribution in [0.15, 0.2) is 79.5 Å². The molecule has 0 saturated carbocycles. The Hall–Kier alpha value is -4.07. The molecular weight excluding hydrogens is 340 g/mol. The molecule has 1 N–H and O–H groups in total. The first-order valence-electron chi connectivity index (χ1n) is 8.37. The number of fused-ring (bicyclic) bond motifs is 1. The van der Waals surface area contributed by atoms with Crippen LogP contribution in [0.3, 0.4) is 0 Å². The number of rotatable bonds is 4. The van der Waals surface area contributed by atoms with Gasteiger partial charge in [0.15, 0.2) is 5.82 Å². The van der Waals surface area contributed by atoms with Crippen molar-refractivity contribution in [3.8, 4) is 17.2 Å². The van der Waals surface area contributed by atoms with Gasteiger partial charge in [0.05, 0.1) is 23.1 Å². The van der Waals surface area contributed by atoms with Gasteiger partial charge in [0.25, 0.3) is 0 Å². The molecule has 5 rings (SSSR count). The summed E-state index contributed by atoms with van der Waals surface area (Å²) >= 11 is 0. The molecule has 0 saturated heterocycles. The molecule has 0 spiro atoms. The van der Waals surface area contributed by atoms with E-state index in [0.29, 0.717) is 11.8 Å². The molecule has 0 radical (unpaired) electrons. The summed E-state index contributed by atoms with van der Waals surface area (Å²) in [5, 5.41) is 12.1. The van der Waals surface area contributed by atoms with Crippen LogP contribution in [-0.2, 0) is 0 Å². The Morgan fingerprint density at radius 3 is 2.70 bits per heavy atom. The lowest BCUT2D eigenvalue weighted by molar-refractivity contribution is 0.843. The minimum absolute atomic E-state index is 0.473. The van der Waals surface area contributed by atoms with E-state index in [1.165, 1.54) is 0 Å². The van der Waals surface area contributed by atoms with E-state index >= 15 is 0 Å². The molecule has 5 heterocycles. The fourth-order valence-corrected chi connectivity index (χ4v) is 2.79. The van der Waals surface area contributed by atoms with E-state index in [4.69, 9.17) is 0 Å². The van der Waals surface area contributed by atoms with Gasteiger partial charge in [-0.25, -0.2) is 14.2 Å². The largest absolute Gasteiger partial charge is 0.321 e. The Kier molecular flexibility index (Phi) is 3.57. The summed E-state index contributed by atoms with van der Waals surface area (Å²) in [5.74, 6) is 1.13. The number of pyridine rings is 2. The zero-order valence-electron chi connectivity index (χ0n) is 14.1. The first-order chi connectivity index (χ1) is 13.4. The highest BCUT2D eigenvalue weighted by Crippen LogP contribution is 2.20. The van der Waals surface area contributed by atoms with E-state index in [2.05, 4.69) is 30.5 Å². The molecule has 27 heavy (non-hydrogen) atoms. The Morgan fingerprint density at radius 2 is 1.78 bits per heavy atom. The monoisotopic (exact) mass is 354 g/mol. The summed E-state index contributed by atoms with van der Waals surface area (Å²) in [4.78, 5) is 13.2. The van der Waals surface area contributed by atoms with Crippen molar-refractivity contribution in [3.05, 3.63) is 79.5 Å². The van der Waals surface area contributed by atoms with Crippen LogP contribution in [0.4, 0.5) is 11.6 Å². The molecule has 0 aliphatic carbocycles. The minimum atomic E-state index is 0.473. The van der Waals surface area contributed by atoms with Crippen LogP contribution in [0, 0.1) is 0 Å². The lowest BCUT2D eigenvalue weighted by Crippen LogP contribution is -2.03. The standard InChI is InChI=1S/C19H14N8/c1-3-9-20-14(5-1)15-8-12-27(25-15)18-7-10-21-19(24-18)23-16-13-22-26-11-4-2-6-17(16)26/h1-13H,(H,21,23,24). The average molecular weight is 354 g/mol. The molecule has 0 unspecified atom stereocenters. The van der Waals surface area contributed by atoms with Gasteiger partial charge in [-0.1, -0.05) is 12.1 Å². The van der Waals surface area contributed by atoms with Gasteiger partial charge in [0.1, 0.15) is 5.69 Å². The van der Waals surface area contributed by atoms with Crippen molar-refractivity contribution in [1.29, 1.82) is 0 Å². The molecular formula is C19H14N8. The van der Waals surface area contributed by atoms with Gasteiger partial charge in [-0.2, -0.15) is 15.2 Å². The summed E-state index contributed by atoms with van der Waals surface area (Å²) in [7, 11) is 0. The molecule has 130 valence electrons. The van der Waals surface area contributed by atoms with Gasteiger partial charge in [0.2, 0.25) is 5.95 Å². The maximum absolute atomic E-state index is 4.56. The summed E-state index contributed by atoms with van der Waals surface area (Å²) < 4.78 is 3.49. The molecule has 0 aliphatic heterocycles. The van der Waals surface area contributed by atoms with Crippen LogP contribution in [0.2, 0.25) is 0 Å². The molecule has 8 heteroatoms. The fourth-order valence-electron chi connectivity index (χ4n) is 2.79.